The number of benzene rings is 2. The van der Waals surface area contributed by atoms with Crippen molar-refractivity contribution in [3.05, 3.63) is 71.8 Å². The fourth-order valence-corrected chi connectivity index (χ4v) is 3.41. The van der Waals surface area contributed by atoms with E-state index < -0.39 is 0 Å². The third-order valence-corrected chi connectivity index (χ3v) is 4.46. The molecule has 3 rings (SSSR count). The molecule has 1 heterocycles. The second kappa shape index (κ2) is 7.42. The molecule has 2 aromatic rings. The highest BCUT2D eigenvalue weighted by Crippen LogP contribution is 2.35. The monoisotopic (exact) mass is 309 g/mol. The van der Waals surface area contributed by atoms with Crippen molar-refractivity contribution >= 4 is 5.97 Å². The van der Waals surface area contributed by atoms with Crippen LogP contribution in [0, 0.1) is 5.92 Å². The molecule has 3 heteroatoms. The maximum absolute atomic E-state index is 12.1. The second-order valence-corrected chi connectivity index (χ2v) is 6.05. The minimum absolute atomic E-state index is 0.135. The van der Waals surface area contributed by atoms with Crippen LogP contribution in [0.5, 0.6) is 0 Å². The molecular formula is C20H23NO2. The van der Waals surface area contributed by atoms with Crippen LogP contribution in [0.4, 0.5) is 0 Å². The molecule has 120 valence electrons. The minimum atomic E-state index is -0.214. The predicted molar refractivity (Wildman–Crippen MR) is 91.0 cm³/mol. The van der Waals surface area contributed by atoms with Crippen molar-refractivity contribution in [1.29, 1.82) is 0 Å². The lowest BCUT2D eigenvalue weighted by molar-refractivity contribution is -0.145. The Kier molecular flexibility index (Phi) is 5.09. The van der Waals surface area contributed by atoms with E-state index in [2.05, 4.69) is 41.7 Å². The summed E-state index contributed by atoms with van der Waals surface area (Å²) in [6.45, 7) is 2.28. The maximum Gasteiger partial charge on any atom is 0.323 e. The van der Waals surface area contributed by atoms with Crippen molar-refractivity contribution in [2.75, 3.05) is 6.61 Å². The number of rotatable bonds is 5. The number of carbonyl (C=O) groups is 1. The largest absolute Gasteiger partial charge is 0.465 e. The Bertz CT molecular complexity index is 627. The molecule has 0 aromatic heterocycles. The zero-order chi connectivity index (χ0) is 16.1. The van der Waals surface area contributed by atoms with E-state index in [1.165, 1.54) is 11.1 Å². The molecule has 0 spiro atoms. The van der Waals surface area contributed by atoms with Gasteiger partial charge in [0, 0.05) is 6.04 Å². The highest BCUT2D eigenvalue weighted by atomic mass is 16.5. The van der Waals surface area contributed by atoms with Crippen molar-refractivity contribution in [2.45, 2.75) is 31.8 Å². The van der Waals surface area contributed by atoms with E-state index >= 15 is 0 Å². The number of esters is 1. The maximum atomic E-state index is 12.1. The van der Waals surface area contributed by atoms with Gasteiger partial charge in [0.15, 0.2) is 0 Å². The van der Waals surface area contributed by atoms with E-state index in [4.69, 9.17) is 4.74 Å². The molecule has 0 radical (unpaired) electrons. The van der Waals surface area contributed by atoms with Gasteiger partial charge in [0.25, 0.3) is 0 Å². The third-order valence-electron chi connectivity index (χ3n) is 4.46. The standard InChI is InChI=1S/C20H23NO2/c1-2-23-20(22)18-14-17(13-15-9-5-3-6-10-15)19(21-18)16-11-7-4-8-12-16/h3-12,17-19,21H,2,13-14H2,1H3/t17-,18+,19-/m1/s1. The van der Waals surface area contributed by atoms with Crippen molar-refractivity contribution in [3.63, 3.8) is 0 Å². The molecule has 3 atom stereocenters. The van der Waals surface area contributed by atoms with Crippen molar-refractivity contribution in [2.24, 2.45) is 5.92 Å². The van der Waals surface area contributed by atoms with Crippen LogP contribution < -0.4 is 5.32 Å². The molecule has 0 saturated carbocycles. The van der Waals surface area contributed by atoms with Gasteiger partial charge in [0.2, 0.25) is 0 Å². The Morgan fingerprint density at radius 3 is 2.39 bits per heavy atom. The van der Waals surface area contributed by atoms with Gasteiger partial charge in [-0.1, -0.05) is 60.7 Å². The van der Waals surface area contributed by atoms with Crippen molar-refractivity contribution in [3.8, 4) is 0 Å². The molecule has 0 amide bonds. The second-order valence-electron chi connectivity index (χ2n) is 6.05. The molecule has 1 aliphatic rings. The van der Waals surface area contributed by atoms with Crippen LogP contribution in [-0.4, -0.2) is 18.6 Å². The van der Waals surface area contributed by atoms with E-state index in [9.17, 15) is 4.79 Å². The molecule has 2 aromatic carbocycles. The van der Waals surface area contributed by atoms with E-state index in [-0.39, 0.29) is 18.1 Å². The lowest BCUT2D eigenvalue weighted by Crippen LogP contribution is -2.33. The number of nitrogens with one attached hydrogen (secondary N) is 1. The highest BCUT2D eigenvalue weighted by molar-refractivity contribution is 5.76. The Hall–Kier alpha value is -2.13. The minimum Gasteiger partial charge on any atom is -0.465 e. The van der Waals surface area contributed by atoms with Crippen LogP contribution >= 0.6 is 0 Å². The van der Waals surface area contributed by atoms with Crippen molar-refractivity contribution < 1.29 is 9.53 Å². The normalized spacial score (nSPS) is 23.6. The van der Waals surface area contributed by atoms with Gasteiger partial charge in [0.1, 0.15) is 6.04 Å². The molecule has 0 aliphatic carbocycles. The van der Waals surface area contributed by atoms with Crippen LogP contribution in [0.25, 0.3) is 0 Å². The van der Waals surface area contributed by atoms with E-state index in [0.29, 0.717) is 12.5 Å². The fourth-order valence-electron chi connectivity index (χ4n) is 3.41. The number of hydrogen-bond donors (Lipinski definition) is 1. The topological polar surface area (TPSA) is 38.3 Å². The highest BCUT2D eigenvalue weighted by Gasteiger charge is 2.38. The van der Waals surface area contributed by atoms with Gasteiger partial charge in [0.05, 0.1) is 6.61 Å². The summed E-state index contributed by atoms with van der Waals surface area (Å²) < 4.78 is 5.21. The zero-order valence-electron chi connectivity index (χ0n) is 13.4. The smallest absolute Gasteiger partial charge is 0.323 e. The summed E-state index contributed by atoms with van der Waals surface area (Å²) in [5, 5.41) is 3.49. The van der Waals surface area contributed by atoms with Gasteiger partial charge in [-0.15, -0.1) is 0 Å². The molecule has 3 nitrogen and oxygen atoms in total. The molecule has 1 saturated heterocycles. The Morgan fingerprint density at radius 1 is 1.09 bits per heavy atom. The molecule has 1 aliphatic heterocycles. The van der Waals surface area contributed by atoms with Gasteiger partial charge >= 0.3 is 5.97 Å². The van der Waals surface area contributed by atoms with E-state index in [0.717, 1.165) is 12.8 Å². The summed E-state index contributed by atoms with van der Waals surface area (Å²) >= 11 is 0. The summed E-state index contributed by atoms with van der Waals surface area (Å²) in [4.78, 5) is 12.1. The van der Waals surface area contributed by atoms with Gasteiger partial charge < -0.3 is 4.74 Å². The molecular weight excluding hydrogens is 286 g/mol. The summed E-state index contributed by atoms with van der Waals surface area (Å²) in [6, 6.07) is 20.8. The van der Waals surface area contributed by atoms with E-state index in [1.807, 2.05) is 31.2 Å². The average molecular weight is 309 g/mol. The van der Waals surface area contributed by atoms with Crippen LogP contribution in [0.15, 0.2) is 60.7 Å². The summed E-state index contributed by atoms with van der Waals surface area (Å²) in [6.07, 6.45) is 1.77. The average Bonchev–Trinajstić information content (AvgIpc) is 3.01. The Balaban J connectivity index is 1.80. The lowest BCUT2D eigenvalue weighted by Gasteiger charge is -2.20. The van der Waals surface area contributed by atoms with Gasteiger partial charge in [-0.3, -0.25) is 10.1 Å². The van der Waals surface area contributed by atoms with Gasteiger partial charge in [-0.25, -0.2) is 0 Å². The first kappa shape index (κ1) is 15.8. The summed E-state index contributed by atoms with van der Waals surface area (Å²) in [5.74, 6) is 0.248. The molecule has 1 fully saturated rings. The van der Waals surface area contributed by atoms with E-state index in [1.54, 1.807) is 0 Å². The third kappa shape index (κ3) is 3.80. The van der Waals surface area contributed by atoms with Crippen LogP contribution in [0.3, 0.4) is 0 Å². The van der Waals surface area contributed by atoms with Crippen LogP contribution in [0.2, 0.25) is 0 Å². The van der Waals surface area contributed by atoms with Crippen LogP contribution in [0.1, 0.15) is 30.5 Å². The van der Waals surface area contributed by atoms with Gasteiger partial charge in [-0.2, -0.15) is 0 Å². The summed E-state index contributed by atoms with van der Waals surface area (Å²) in [7, 11) is 0. The number of carbonyl (C=O) groups excluding carboxylic acids is 1. The molecule has 1 N–H and O–H groups in total. The van der Waals surface area contributed by atoms with Crippen LogP contribution in [-0.2, 0) is 16.0 Å². The Morgan fingerprint density at radius 2 is 1.74 bits per heavy atom. The first-order chi connectivity index (χ1) is 11.3. The summed E-state index contributed by atoms with van der Waals surface area (Å²) in [5.41, 5.74) is 2.55. The van der Waals surface area contributed by atoms with Crippen molar-refractivity contribution in [1.82, 2.24) is 5.32 Å². The molecule has 0 unspecified atom stereocenters. The molecule has 0 bridgehead atoms. The zero-order valence-corrected chi connectivity index (χ0v) is 13.4. The first-order valence-corrected chi connectivity index (χ1v) is 8.29. The first-order valence-electron chi connectivity index (χ1n) is 8.29. The number of ether oxygens (including phenoxy) is 1. The number of hydrogen-bond acceptors (Lipinski definition) is 3. The van der Waals surface area contributed by atoms with Gasteiger partial charge in [-0.05, 0) is 36.8 Å². The quantitative estimate of drug-likeness (QED) is 0.859. The predicted octanol–water partition coefficient (Wildman–Crippen LogP) is 3.51. The molecule has 23 heavy (non-hydrogen) atoms. The Labute approximate surface area is 137 Å². The fraction of sp³-hybridized carbons (Fsp3) is 0.350. The SMILES string of the molecule is CCOC(=O)[C@@H]1C[C@@H](Cc2ccccc2)[C@@H](c2ccccc2)N1. The lowest BCUT2D eigenvalue weighted by atomic mass is 9.88.